The van der Waals surface area contributed by atoms with Crippen molar-refractivity contribution in [2.24, 2.45) is 5.73 Å². The fraction of sp³-hybridized carbons (Fsp3) is 0.833. The second-order valence-corrected chi connectivity index (χ2v) is 5.59. The number of rotatable bonds is 3. The first-order valence-electron chi connectivity index (χ1n) is 6.79. The molecule has 3 N–H and O–H groups in total. The summed E-state index contributed by atoms with van der Waals surface area (Å²) in [5, 5.41) is 3.10. The second-order valence-electron chi connectivity index (χ2n) is 5.07. The Morgan fingerprint density at radius 1 is 1.26 bits per heavy atom. The Bertz CT molecular complexity index is 326. The van der Waals surface area contributed by atoms with Gasteiger partial charge in [0.05, 0.1) is 18.2 Å². The first kappa shape index (κ1) is 14.5. The summed E-state index contributed by atoms with van der Waals surface area (Å²) in [5.74, 6) is 0. The number of carbonyl (C=O) groups is 1. The van der Waals surface area contributed by atoms with Gasteiger partial charge in [-0.15, -0.1) is 0 Å². The third-order valence-corrected chi connectivity index (χ3v) is 3.72. The molecule has 19 heavy (non-hydrogen) atoms. The third kappa shape index (κ3) is 4.59. The van der Waals surface area contributed by atoms with Crippen molar-refractivity contribution in [3.05, 3.63) is 0 Å². The minimum atomic E-state index is 0.0381. The van der Waals surface area contributed by atoms with Crippen LogP contribution in [0.15, 0.2) is 0 Å². The van der Waals surface area contributed by atoms with Crippen molar-refractivity contribution in [2.75, 3.05) is 45.9 Å². The molecule has 108 valence electrons. The summed E-state index contributed by atoms with van der Waals surface area (Å²) >= 11 is 4.91. The van der Waals surface area contributed by atoms with E-state index in [2.05, 4.69) is 10.2 Å². The molecule has 0 saturated carbocycles. The molecule has 0 spiro atoms. The maximum absolute atomic E-state index is 12.0. The van der Waals surface area contributed by atoms with Crippen LogP contribution >= 0.6 is 12.2 Å². The van der Waals surface area contributed by atoms with E-state index >= 15 is 0 Å². The van der Waals surface area contributed by atoms with Crippen LogP contribution in [0.25, 0.3) is 0 Å². The van der Waals surface area contributed by atoms with E-state index in [1.54, 1.807) is 0 Å². The van der Waals surface area contributed by atoms with Crippen LogP contribution in [0.4, 0.5) is 4.79 Å². The number of likely N-dealkylation sites (tertiary alicyclic amines) is 1. The average molecular weight is 286 g/mol. The molecule has 0 aromatic heterocycles. The number of nitrogens with one attached hydrogen (secondary N) is 1. The van der Waals surface area contributed by atoms with Crippen LogP contribution in [-0.2, 0) is 4.74 Å². The Morgan fingerprint density at radius 3 is 2.47 bits per heavy atom. The van der Waals surface area contributed by atoms with E-state index in [0.717, 1.165) is 25.9 Å². The van der Waals surface area contributed by atoms with E-state index in [-0.39, 0.29) is 12.1 Å². The Kier molecular flexibility index (Phi) is 5.35. The zero-order valence-electron chi connectivity index (χ0n) is 11.1. The number of piperidine rings is 1. The molecule has 2 amide bonds. The van der Waals surface area contributed by atoms with Gasteiger partial charge in [0.25, 0.3) is 0 Å². The first-order valence-corrected chi connectivity index (χ1v) is 7.20. The van der Waals surface area contributed by atoms with Crippen molar-refractivity contribution >= 4 is 23.2 Å². The van der Waals surface area contributed by atoms with Crippen LogP contribution < -0.4 is 11.1 Å². The molecular weight excluding hydrogens is 264 g/mol. The van der Waals surface area contributed by atoms with Crippen molar-refractivity contribution in [3.63, 3.8) is 0 Å². The zero-order chi connectivity index (χ0) is 13.7. The van der Waals surface area contributed by atoms with Gasteiger partial charge in [0, 0.05) is 38.8 Å². The molecule has 2 saturated heterocycles. The van der Waals surface area contributed by atoms with Crippen molar-refractivity contribution < 1.29 is 9.53 Å². The van der Waals surface area contributed by atoms with Crippen LogP contribution in [0.5, 0.6) is 0 Å². The number of ether oxygens (including phenoxy) is 1. The van der Waals surface area contributed by atoms with Gasteiger partial charge in [-0.05, 0) is 12.8 Å². The van der Waals surface area contributed by atoms with E-state index in [1.165, 1.54) is 0 Å². The summed E-state index contributed by atoms with van der Waals surface area (Å²) in [5.41, 5.74) is 5.54. The van der Waals surface area contributed by atoms with Crippen molar-refractivity contribution in [2.45, 2.75) is 18.9 Å². The monoisotopic (exact) mass is 286 g/mol. The standard InChI is InChI=1S/C12H22N4O2S/c13-11(19)9-15-3-1-10(2-4-15)14-12(17)16-5-7-18-8-6-16/h10H,1-9H2,(H2,13,19)(H,14,17). The van der Waals surface area contributed by atoms with Crippen molar-refractivity contribution in [1.29, 1.82) is 0 Å². The van der Waals surface area contributed by atoms with Gasteiger partial charge in [-0.25, -0.2) is 4.79 Å². The van der Waals surface area contributed by atoms with Gasteiger partial charge in [-0.3, -0.25) is 4.90 Å². The molecule has 0 unspecified atom stereocenters. The molecule has 0 aromatic carbocycles. The second kappa shape index (κ2) is 7.02. The van der Waals surface area contributed by atoms with Crippen LogP contribution in [0.1, 0.15) is 12.8 Å². The van der Waals surface area contributed by atoms with Crippen LogP contribution in [0, 0.1) is 0 Å². The molecule has 0 aromatic rings. The summed E-state index contributed by atoms with van der Waals surface area (Å²) in [4.78, 5) is 16.6. The van der Waals surface area contributed by atoms with Crippen LogP contribution in [-0.4, -0.2) is 72.8 Å². The van der Waals surface area contributed by atoms with Gasteiger partial charge in [0.15, 0.2) is 0 Å². The Hall–Kier alpha value is -0.920. The van der Waals surface area contributed by atoms with Gasteiger partial charge in [0.2, 0.25) is 0 Å². The van der Waals surface area contributed by atoms with Gasteiger partial charge in [-0.2, -0.15) is 0 Å². The number of amides is 2. The van der Waals surface area contributed by atoms with Crippen LogP contribution in [0.3, 0.4) is 0 Å². The summed E-state index contributed by atoms with van der Waals surface area (Å²) in [6, 6.07) is 0.300. The number of morpholine rings is 1. The van der Waals surface area contributed by atoms with Gasteiger partial charge < -0.3 is 20.7 Å². The largest absolute Gasteiger partial charge is 0.392 e. The smallest absolute Gasteiger partial charge is 0.317 e. The number of nitrogens with zero attached hydrogens (tertiary/aromatic N) is 2. The molecule has 2 rings (SSSR count). The number of hydrogen-bond donors (Lipinski definition) is 2. The lowest BCUT2D eigenvalue weighted by Gasteiger charge is -2.34. The summed E-state index contributed by atoms with van der Waals surface area (Å²) < 4.78 is 5.24. The minimum Gasteiger partial charge on any atom is -0.392 e. The highest BCUT2D eigenvalue weighted by Gasteiger charge is 2.23. The summed E-state index contributed by atoms with van der Waals surface area (Å²) in [7, 11) is 0. The maximum atomic E-state index is 12.0. The van der Waals surface area contributed by atoms with Crippen LogP contribution in [0.2, 0.25) is 0 Å². The van der Waals surface area contributed by atoms with Crippen molar-refractivity contribution in [3.8, 4) is 0 Å². The Balaban J connectivity index is 1.69. The molecule has 2 fully saturated rings. The highest BCUT2D eigenvalue weighted by molar-refractivity contribution is 7.80. The Morgan fingerprint density at radius 2 is 1.89 bits per heavy atom. The first-order chi connectivity index (χ1) is 9.15. The van der Waals surface area contributed by atoms with Gasteiger partial charge in [-0.1, -0.05) is 12.2 Å². The normalized spacial score (nSPS) is 22.2. The van der Waals surface area contributed by atoms with E-state index in [4.69, 9.17) is 22.7 Å². The maximum Gasteiger partial charge on any atom is 0.317 e. The van der Waals surface area contributed by atoms with E-state index in [0.29, 0.717) is 37.8 Å². The molecule has 2 aliphatic rings. The van der Waals surface area contributed by atoms with E-state index < -0.39 is 0 Å². The molecular formula is C12H22N4O2S. The molecule has 0 radical (unpaired) electrons. The van der Waals surface area contributed by atoms with E-state index in [1.807, 2.05) is 4.90 Å². The zero-order valence-corrected chi connectivity index (χ0v) is 12.0. The predicted molar refractivity (Wildman–Crippen MR) is 77.2 cm³/mol. The molecule has 7 heteroatoms. The highest BCUT2D eigenvalue weighted by atomic mass is 32.1. The molecule has 0 bridgehead atoms. The molecule has 0 aliphatic carbocycles. The number of carbonyl (C=O) groups excluding carboxylic acids is 1. The number of hydrogen-bond acceptors (Lipinski definition) is 4. The lowest BCUT2D eigenvalue weighted by molar-refractivity contribution is 0.0517. The fourth-order valence-corrected chi connectivity index (χ4v) is 2.67. The molecule has 2 heterocycles. The highest BCUT2D eigenvalue weighted by Crippen LogP contribution is 2.10. The topological polar surface area (TPSA) is 70.8 Å². The molecule has 2 aliphatic heterocycles. The third-order valence-electron chi connectivity index (χ3n) is 3.59. The lowest BCUT2D eigenvalue weighted by atomic mass is 10.1. The predicted octanol–water partition coefficient (Wildman–Crippen LogP) is -0.221. The Labute approximate surface area is 119 Å². The number of thiocarbonyl (C=S) groups is 1. The lowest BCUT2D eigenvalue weighted by Crippen LogP contribution is -2.52. The van der Waals surface area contributed by atoms with E-state index in [9.17, 15) is 4.79 Å². The molecule has 6 nitrogen and oxygen atoms in total. The number of urea groups is 1. The summed E-state index contributed by atoms with van der Waals surface area (Å²) in [6.07, 6.45) is 1.91. The number of nitrogens with two attached hydrogens (primary N) is 1. The fourth-order valence-electron chi connectivity index (χ4n) is 2.49. The average Bonchev–Trinajstić information content (AvgIpc) is 2.41. The summed E-state index contributed by atoms with van der Waals surface area (Å²) in [6.45, 7) is 5.20. The SMILES string of the molecule is NC(=S)CN1CCC(NC(=O)N2CCOCC2)CC1. The van der Waals surface area contributed by atoms with Crippen molar-refractivity contribution in [1.82, 2.24) is 15.1 Å². The quantitative estimate of drug-likeness (QED) is 0.702. The molecule has 0 atom stereocenters. The minimum absolute atomic E-state index is 0.0381. The van der Waals surface area contributed by atoms with Gasteiger partial charge in [0.1, 0.15) is 0 Å². The van der Waals surface area contributed by atoms with Gasteiger partial charge >= 0.3 is 6.03 Å².